The number of carbonyl (C=O) groups is 3. The van der Waals surface area contributed by atoms with Crippen molar-refractivity contribution in [2.24, 2.45) is 0 Å². The number of rotatable bonds is 4. The van der Waals surface area contributed by atoms with Crippen molar-refractivity contribution in [2.45, 2.75) is 37.9 Å². The lowest BCUT2D eigenvalue weighted by Gasteiger charge is -2.42. The summed E-state index contributed by atoms with van der Waals surface area (Å²) < 4.78 is 12.2. The SMILES string of the molecule is CC(C)(C)NC(=O)C(c1cc2c(cc1Br)OCO2)N1C(=O)C(I)=C(c2ccccc2)C12C=CC(=O)C=C2. The first-order valence-electron chi connectivity index (χ1n) is 11.6. The number of fused-ring (bicyclic) bond motifs is 1. The van der Waals surface area contributed by atoms with E-state index in [1.54, 1.807) is 29.2 Å². The standard InChI is InChI=1S/C28H24BrIN2O5/c1-27(2,3)31-25(34)24(18-13-20-21(14-19(18)29)37-15-36-20)32-26(35)23(30)22(16-7-5-4-6-8-16)28(32)11-9-17(33)10-12-28/h4-14,24H,15H2,1-3H3,(H,31,34). The first-order valence-corrected chi connectivity index (χ1v) is 13.5. The van der Waals surface area contributed by atoms with Crippen LogP contribution in [0, 0.1) is 0 Å². The molecule has 3 aliphatic rings. The van der Waals surface area contributed by atoms with Crippen molar-refractivity contribution in [3.63, 3.8) is 0 Å². The van der Waals surface area contributed by atoms with Crippen LogP contribution in [0.2, 0.25) is 0 Å². The second-order valence-electron chi connectivity index (χ2n) is 9.99. The van der Waals surface area contributed by atoms with Gasteiger partial charge in [0.05, 0.1) is 3.58 Å². The number of benzene rings is 2. The van der Waals surface area contributed by atoms with Crippen LogP contribution in [0.3, 0.4) is 0 Å². The third kappa shape index (κ3) is 4.52. The minimum absolute atomic E-state index is 0.0713. The maximum absolute atomic E-state index is 14.1. The number of hydrogen-bond acceptors (Lipinski definition) is 5. The fourth-order valence-electron chi connectivity index (χ4n) is 4.81. The second kappa shape index (κ2) is 9.43. The molecule has 0 saturated carbocycles. The van der Waals surface area contributed by atoms with E-state index in [1.807, 2.05) is 73.7 Å². The van der Waals surface area contributed by atoms with Crippen molar-refractivity contribution in [3.05, 3.63) is 85.9 Å². The summed E-state index contributed by atoms with van der Waals surface area (Å²) >= 11 is 5.65. The Morgan fingerprint density at radius 2 is 1.70 bits per heavy atom. The maximum Gasteiger partial charge on any atom is 0.262 e. The third-order valence-corrected chi connectivity index (χ3v) is 7.97. The smallest absolute Gasteiger partial charge is 0.262 e. The molecule has 1 aliphatic carbocycles. The lowest BCUT2D eigenvalue weighted by atomic mass is 9.81. The number of carbonyl (C=O) groups excluding carboxylic acids is 3. The van der Waals surface area contributed by atoms with E-state index in [2.05, 4.69) is 21.2 Å². The van der Waals surface area contributed by atoms with E-state index < -0.39 is 17.1 Å². The van der Waals surface area contributed by atoms with Crippen LogP contribution in [0.5, 0.6) is 11.5 Å². The number of ketones is 1. The molecule has 2 heterocycles. The Balaban J connectivity index is 1.75. The zero-order chi connectivity index (χ0) is 26.5. The predicted octanol–water partition coefficient (Wildman–Crippen LogP) is 5.26. The first-order chi connectivity index (χ1) is 17.5. The largest absolute Gasteiger partial charge is 0.454 e. The number of allylic oxidation sites excluding steroid dienone is 2. The van der Waals surface area contributed by atoms with E-state index in [0.717, 1.165) is 5.56 Å². The molecule has 37 heavy (non-hydrogen) atoms. The van der Waals surface area contributed by atoms with Crippen LogP contribution in [0.15, 0.2) is 74.8 Å². The predicted molar refractivity (Wildman–Crippen MR) is 151 cm³/mol. The van der Waals surface area contributed by atoms with E-state index >= 15 is 0 Å². The summed E-state index contributed by atoms with van der Waals surface area (Å²) in [7, 11) is 0. The van der Waals surface area contributed by atoms with Crippen LogP contribution in [0.25, 0.3) is 5.57 Å². The highest BCUT2D eigenvalue weighted by atomic mass is 127. The lowest BCUT2D eigenvalue weighted by molar-refractivity contribution is -0.139. The molecular formula is C28H24BrIN2O5. The number of amides is 2. The molecule has 1 N–H and O–H groups in total. The molecule has 2 aromatic carbocycles. The van der Waals surface area contributed by atoms with Crippen LogP contribution in [-0.2, 0) is 14.4 Å². The molecule has 1 atom stereocenters. The van der Waals surface area contributed by atoms with E-state index in [4.69, 9.17) is 9.47 Å². The summed E-state index contributed by atoms with van der Waals surface area (Å²) in [5, 5.41) is 3.05. The molecule has 0 aromatic heterocycles. The van der Waals surface area contributed by atoms with E-state index in [9.17, 15) is 14.4 Å². The van der Waals surface area contributed by atoms with Crippen LogP contribution in [0.4, 0.5) is 0 Å². The zero-order valence-corrected chi connectivity index (χ0v) is 24.1. The molecule has 0 bridgehead atoms. The first kappa shape index (κ1) is 25.7. The van der Waals surface area contributed by atoms with Crippen LogP contribution in [0.1, 0.15) is 37.9 Å². The van der Waals surface area contributed by atoms with Gasteiger partial charge in [-0.3, -0.25) is 14.4 Å². The molecule has 0 fully saturated rings. The quantitative estimate of drug-likeness (QED) is 0.448. The summed E-state index contributed by atoms with van der Waals surface area (Å²) in [6.07, 6.45) is 6.32. The van der Waals surface area contributed by atoms with Crippen molar-refractivity contribution < 1.29 is 23.9 Å². The highest BCUT2D eigenvalue weighted by molar-refractivity contribution is 14.1. The number of hydrogen-bond donors (Lipinski definition) is 1. The van der Waals surface area contributed by atoms with Gasteiger partial charge in [0, 0.05) is 21.1 Å². The van der Waals surface area contributed by atoms with Gasteiger partial charge in [-0.2, -0.15) is 0 Å². The molecule has 0 saturated heterocycles. The Bertz CT molecular complexity index is 1390. The fraction of sp³-hybridized carbons (Fsp3) is 0.250. The summed E-state index contributed by atoms with van der Waals surface area (Å²) in [4.78, 5) is 42.0. The third-order valence-electron chi connectivity index (χ3n) is 6.28. The molecule has 7 nitrogen and oxygen atoms in total. The molecule has 0 radical (unpaired) electrons. The van der Waals surface area contributed by atoms with Gasteiger partial charge < -0.3 is 19.7 Å². The molecular weight excluding hydrogens is 651 g/mol. The maximum atomic E-state index is 14.1. The highest BCUT2D eigenvalue weighted by Gasteiger charge is 2.54. The van der Waals surface area contributed by atoms with Gasteiger partial charge in [-0.25, -0.2) is 0 Å². The highest BCUT2D eigenvalue weighted by Crippen LogP contribution is 2.52. The number of nitrogens with zero attached hydrogens (tertiary/aromatic N) is 1. The van der Waals surface area contributed by atoms with Crippen molar-refractivity contribution in [1.82, 2.24) is 10.2 Å². The summed E-state index contributed by atoms with van der Waals surface area (Å²) in [6.45, 7) is 5.72. The van der Waals surface area contributed by atoms with Crippen LogP contribution < -0.4 is 14.8 Å². The Morgan fingerprint density at radius 1 is 1.08 bits per heavy atom. The van der Waals surface area contributed by atoms with Crippen molar-refractivity contribution in [1.29, 1.82) is 0 Å². The van der Waals surface area contributed by atoms with Crippen molar-refractivity contribution in [2.75, 3.05) is 6.79 Å². The molecule has 190 valence electrons. The van der Waals surface area contributed by atoms with E-state index in [-0.39, 0.29) is 24.4 Å². The Labute approximate surface area is 236 Å². The van der Waals surface area contributed by atoms with Gasteiger partial charge in [0.25, 0.3) is 5.91 Å². The zero-order valence-electron chi connectivity index (χ0n) is 20.4. The van der Waals surface area contributed by atoms with Gasteiger partial charge >= 0.3 is 0 Å². The minimum atomic E-state index is -1.17. The van der Waals surface area contributed by atoms with Crippen LogP contribution in [-0.4, -0.2) is 40.4 Å². The van der Waals surface area contributed by atoms with E-state index in [1.165, 1.54) is 12.2 Å². The minimum Gasteiger partial charge on any atom is -0.454 e. The molecule has 2 aliphatic heterocycles. The molecule has 2 amide bonds. The van der Waals surface area contributed by atoms with Gasteiger partial charge in [-0.1, -0.05) is 46.3 Å². The van der Waals surface area contributed by atoms with Crippen LogP contribution >= 0.6 is 38.5 Å². The van der Waals surface area contributed by atoms with Crippen molar-refractivity contribution >= 4 is 61.7 Å². The number of halogens is 2. The topological polar surface area (TPSA) is 84.9 Å². The average molecular weight is 675 g/mol. The van der Waals surface area contributed by atoms with Gasteiger partial charge in [-0.15, -0.1) is 0 Å². The molecule has 9 heteroatoms. The van der Waals surface area contributed by atoms with Gasteiger partial charge in [0.1, 0.15) is 11.6 Å². The Hall–Kier alpha value is -2.92. The normalized spacial score (nSPS) is 18.7. The second-order valence-corrected chi connectivity index (χ2v) is 11.9. The summed E-state index contributed by atoms with van der Waals surface area (Å²) in [5.74, 6) is 0.170. The van der Waals surface area contributed by atoms with Crippen molar-refractivity contribution in [3.8, 4) is 11.5 Å². The number of ether oxygens (including phenoxy) is 2. The lowest BCUT2D eigenvalue weighted by Crippen LogP contribution is -2.54. The number of nitrogens with one attached hydrogen (secondary N) is 1. The Kier molecular flexibility index (Phi) is 6.56. The van der Waals surface area contributed by atoms with Gasteiger partial charge in [0.15, 0.2) is 17.3 Å². The summed E-state index contributed by atoms with van der Waals surface area (Å²) in [6, 6.07) is 11.9. The summed E-state index contributed by atoms with van der Waals surface area (Å²) in [5.41, 5.74) is 0.343. The fourth-order valence-corrected chi connectivity index (χ4v) is 6.35. The molecule has 5 rings (SSSR count). The molecule has 2 aromatic rings. The van der Waals surface area contributed by atoms with Gasteiger partial charge in [-0.05, 0) is 85.4 Å². The molecule has 1 unspecified atom stereocenters. The van der Waals surface area contributed by atoms with Gasteiger partial charge in [0.2, 0.25) is 12.7 Å². The molecule has 1 spiro atoms. The average Bonchev–Trinajstić information content (AvgIpc) is 3.37. The Morgan fingerprint density at radius 3 is 2.32 bits per heavy atom. The van der Waals surface area contributed by atoms with E-state index in [0.29, 0.717) is 30.7 Å². The monoisotopic (exact) mass is 674 g/mol.